The van der Waals surface area contributed by atoms with Gasteiger partial charge in [-0.25, -0.2) is 4.98 Å². The number of aryl methyl sites for hydroxylation is 1. The fourth-order valence-corrected chi connectivity index (χ4v) is 2.77. The maximum absolute atomic E-state index is 12.1. The van der Waals surface area contributed by atoms with Crippen LogP contribution in [-0.2, 0) is 17.6 Å². The highest BCUT2D eigenvalue weighted by atomic mass is 16.5. The summed E-state index contributed by atoms with van der Waals surface area (Å²) in [5.74, 6) is 1.31. The molecule has 4 nitrogen and oxygen atoms in total. The molecule has 1 N–H and O–H groups in total. The lowest BCUT2D eigenvalue weighted by Crippen LogP contribution is -2.25. The highest BCUT2D eigenvalue weighted by Gasteiger charge is 2.35. The minimum Gasteiger partial charge on any atom is -0.370 e. The van der Waals surface area contributed by atoms with Gasteiger partial charge in [-0.1, -0.05) is 0 Å². The van der Waals surface area contributed by atoms with Gasteiger partial charge in [0, 0.05) is 12.2 Å². The minimum atomic E-state index is -0.00470. The molecule has 1 aromatic heterocycles. The molecule has 1 aromatic rings. The number of nitrogens with zero attached hydrogens (tertiary/aromatic N) is 1. The van der Waals surface area contributed by atoms with Crippen LogP contribution in [0.15, 0.2) is 4.79 Å². The number of hydrogen-bond acceptors (Lipinski definition) is 3. The number of hydrogen-bond donors (Lipinski definition) is 1. The molecule has 0 bridgehead atoms. The van der Waals surface area contributed by atoms with E-state index < -0.39 is 0 Å². The molecule has 0 amide bonds. The van der Waals surface area contributed by atoms with Crippen molar-refractivity contribution in [2.24, 2.45) is 5.92 Å². The summed E-state index contributed by atoms with van der Waals surface area (Å²) in [4.78, 5) is 19.7. The van der Waals surface area contributed by atoms with Crippen molar-refractivity contribution in [2.75, 3.05) is 6.61 Å². The lowest BCUT2D eigenvalue weighted by Gasteiger charge is -2.19. The Morgan fingerprint density at radius 3 is 2.89 bits per heavy atom. The van der Waals surface area contributed by atoms with E-state index in [2.05, 4.69) is 9.97 Å². The molecule has 0 aromatic carbocycles. The van der Waals surface area contributed by atoms with E-state index in [1.54, 1.807) is 0 Å². The summed E-state index contributed by atoms with van der Waals surface area (Å²) in [5, 5.41) is 0. The van der Waals surface area contributed by atoms with E-state index in [0.717, 1.165) is 42.8 Å². The van der Waals surface area contributed by atoms with E-state index >= 15 is 0 Å². The molecular formula is C14H20N2O2. The summed E-state index contributed by atoms with van der Waals surface area (Å²) in [5.41, 5.74) is 1.96. The first-order chi connectivity index (χ1) is 8.79. The van der Waals surface area contributed by atoms with Crippen LogP contribution in [-0.4, -0.2) is 16.6 Å². The highest BCUT2D eigenvalue weighted by molar-refractivity contribution is 5.21. The van der Waals surface area contributed by atoms with Gasteiger partial charge in [0.25, 0.3) is 5.56 Å². The van der Waals surface area contributed by atoms with E-state index in [4.69, 9.17) is 4.74 Å². The number of aromatic amines is 1. The normalized spacial score (nSPS) is 20.5. The van der Waals surface area contributed by atoms with Crippen molar-refractivity contribution < 1.29 is 4.74 Å². The van der Waals surface area contributed by atoms with E-state index in [9.17, 15) is 4.79 Å². The van der Waals surface area contributed by atoms with Gasteiger partial charge in [0.05, 0.1) is 5.69 Å². The van der Waals surface area contributed by atoms with Crippen LogP contribution in [0.4, 0.5) is 0 Å². The third-order valence-electron chi connectivity index (χ3n) is 3.88. The van der Waals surface area contributed by atoms with Crippen molar-refractivity contribution >= 4 is 0 Å². The first-order valence-electron chi connectivity index (χ1n) is 7.03. The molecule has 0 radical (unpaired) electrons. The largest absolute Gasteiger partial charge is 0.370 e. The van der Waals surface area contributed by atoms with E-state index in [-0.39, 0.29) is 11.7 Å². The molecule has 1 fully saturated rings. The molecule has 18 heavy (non-hydrogen) atoms. The Labute approximate surface area is 107 Å². The van der Waals surface area contributed by atoms with Gasteiger partial charge < -0.3 is 9.72 Å². The van der Waals surface area contributed by atoms with E-state index in [1.807, 2.05) is 6.92 Å². The Hall–Kier alpha value is -1.16. The molecule has 0 saturated heterocycles. The molecule has 3 rings (SSSR count). The molecule has 1 heterocycles. The fraction of sp³-hybridized carbons (Fsp3) is 0.714. The zero-order valence-electron chi connectivity index (χ0n) is 10.9. The Morgan fingerprint density at radius 1 is 1.39 bits per heavy atom. The second-order valence-electron chi connectivity index (χ2n) is 5.30. The summed E-state index contributed by atoms with van der Waals surface area (Å²) >= 11 is 0. The summed E-state index contributed by atoms with van der Waals surface area (Å²) < 4.78 is 5.77. The van der Waals surface area contributed by atoms with Crippen LogP contribution in [0, 0.1) is 5.92 Å². The third kappa shape index (κ3) is 2.21. The van der Waals surface area contributed by atoms with E-state index in [1.165, 1.54) is 12.8 Å². The van der Waals surface area contributed by atoms with Gasteiger partial charge in [-0.3, -0.25) is 4.79 Å². The maximum atomic E-state index is 12.1. The van der Waals surface area contributed by atoms with Crippen LogP contribution in [0.2, 0.25) is 0 Å². The Kier molecular flexibility index (Phi) is 3.20. The average Bonchev–Trinajstić information content (AvgIpc) is 3.20. The highest BCUT2D eigenvalue weighted by Crippen LogP contribution is 2.42. The van der Waals surface area contributed by atoms with Gasteiger partial charge in [-0.15, -0.1) is 0 Å². The second kappa shape index (κ2) is 4.84. The van der Waals surface area contributed by atoms with Crippen molar-refractivity contribution in [2.45, 2.75) is 51.6 Å². The van der Waals surface area contributed by atoms with Gasteiger partial charge >= 0.3 is 0 Å². The summed E-state index contributed by atoms with van der Waals surface area (Å²) in [6.45, 7) is 2.66. The number of H-pyrrole nitrogens is 1. The minimum absolute atomic E-state index is 0.00470. The quantitative estimate of drug-likeness (QED) is 0.888. The molecule has 0 aliphatic heterocycles. The fourth-order valence-electron chi connectivity index (χ4n) is 2.77. The number of nitrogens with one attached hydrogen (secondary N) is 1. The number of aromatic nitrogens is 2. The number of ether oxygens (including phenoxy) is 1. The van der Waals surface area contributed by atoms with Gasteiger partial charge in [0.15, 0.2) is 0 Å². The molecule has 0 spiro atoms. The molecular weight excluding hydrogens is 228 g/mol. The van der Waals surface area contributed by atoms with Crippen LogP contribution < -0.4 is 5.56 Å². The Morgan fingerprint density at radius 2 is 2.17 bits per heavy atom. The standard InChI is InChI=1S/C14H20N2O2/c1-2-18-12(9-7-8-9)13-15-11-6-4-3-5-10(11)14(17)16-13/h9,12H,2-8H2,1H3,(H,15,16,17). The molecule has 98 valence electrons. The predicted octanol–water partition coefficient (Wildman–Crippen LogP) is 2.14. The zero-order valence-corrected chi connectivity index (χ0v) is 10.9. The van der Waals surface area contributed by atoms with Crippen LogP contribution >= 0.6 is 0 Å². The van der Waals surface area contributed by atoms with E-state index in [0.29, 0.717) is 12.5 Å². The first kappa shape index (κ1) is 11.9. The van der Waals surface area contributed by atoms with Crippen molar-refractivity contribution in [3.8, 4) is 0 Å². The third-order valence-corrected chi connectivity index (χ3v) is 3.88. The number of fused-ring (bicyclic) bond motifs is 1. The molecule has 2 aliphatic carbocycles. The molecule has 1 atom stereocenters. The Balaban J connectivity index is 1.96. The average molecular weight is 248 g/mol. The van der Waals surface area contributed by atoms with Gasteiger partial charge in [-0.2, -0.15) is 0 Å². The smallest absolute Gasteiger partial charge is 0.254 e. The van der Waals surface area contributed by atoms with Crippen LogP contribution in [0.3, 0.4) is 0 Å². The first-order valence-corrected chi connectivity index (χ1v) is 7.03. The molecule has 1 unspecified atom stereocenters. The summed E-state index contributed by atoms with van der Waals surface area (Å²) in [7, 11) is 0. The molecule has 1 saturated carbocycles. The SMILES string of the molecule is CCOC(c1nc2c(c(=O)[nH]1)CCCC2)C1CC1. The van der Waals surface area contributed by atoms with Crippen molar-refractivity contribution in [3.05, 3.63) is 27.4 Å². The van der Waals surface area contributed by atoms with Crippen molar-refractivity contribution in [1.82, 2.24) is 9.97 Å². The number of rotatable bonds is 4. The predicted molar refractivity (Wildman–Crippen MR) is 68.6 cm³/mol. The topological polar surface area (TPSA) is 55.0 Å². The van der Waals surface area contributed by atoms with Gasteiger partial charge in [0.2, 0.25) is 0 Å². The molecule has 4 heteroatoms. The zero-order chi connectivity index (χ0) is 12.5. The van der Waals surface area contributed by atoms with Crippen molar-refractivity contribution in [3.63, 3.8) is 0 Å². The van der Waals surface area contributed by atoms with Gasteiger partial charge in [-0.05, 0) is 51.4 Å². The van der Waals surface area contributed by atoms with Crippen LogP contribution in [0.5, 0.6) is 0 Å². The summed E-state index contributed by atoms with van der Waals surface area (Å²) in [6, 6.07) is 0. The molecule has 2 aliphatic rings. The monoisotopic (exact) mass is 248 g/mol. The lowest BCUT2D eigenvalue weighted by molar-refractivity contribution is 0.0396. The van der Waals surface area contributed by atoms with Crippen LogP contribution in [0.1, 0.15) is 55.8 Å². The second-order valence-corrected chi connectivity index (χ2v) is 5.30. The van der Waals surface area contributed by atoms with Gasteiger partial charge in [0.1, 0.15) is 11.9 Å². The van der Waals surface area contributed by atoms with Crippen molar-refractivity contribution in [1.29, 1.82) is 0 Å². The summed E-state index contributed by atoms with van der Waals surface area (Å²) in [6.07, 6.45) is 6.43. The Bertz CT molecular complexity index is 491. The lowest BCUT2D eigenvalue weighted by atomic mass is 9.97. The van der Waals surface area contributed by atoms with Crippen LogP contribution in [0.25, 0.3) is 0 Å². The maximum Gasteiger partial charge on any atom is 0.254 e.